The van der Waals surface area contributed by atoms with E-state index in [2.05, 4.69) is 262 Å². The molecular formula is C117H135FN22O2. The zero-order valence-corrected chi connectivity index (χ0v) is 83.6. The van der Waals surface area contributed by atoms with Crippen molar-refractivity contribution in [1.82, 2.24) is 74.2 Å². The van der Waals surface area contributed by atoms with Gasteiger partial charge in [0.2, 0.25) is 23.8 Å². The van der Waals surface area contributed by atoms with Crippen LogP contribution >= 0.6 is 0 Å². The number of unbranched alkanes of at least 4 members (excludes halogenated alkanes) is 2. The van der Waals surface area contributed by atoms with E-state index in [-0.39, 0.29) is 36.1 Å². The lowest BCUT2D eigenvalue weighted by Gasteiger charge is -2.32. The number of methoxy groups -OCH3 is 1. The van der Waals surface area contributed by atoms with Crippen molar-refractivity contribution in [1.29, 1.82) is 0 Å². The second kappa shape index (κ2) is 48.9. The molecule has 0 amide bonds. The van der Waals surface area contributed by atoms with E-state index in [0.717, 1.165) is 227 Å². The number of fused-ring (bicyclic) bond motifs is 12. The third kappa shape index (κ3) is 26.0. The number of hydrogen-bond acceptors (Lipinski definition) is 22. The molecule has 6 N–H and O–H groups in total. The van der Waals surface area contributed by atoms with E-state index in [4.69, 9.17) is 29.7 Å². The highest BCUT2D eigenvalue weighted by molar-refractivity contribution is 5.77. The van der Waals surface area contributed by atoms with Crippen molar-refractivity contribution in [3.63, 3.8) is 0 Å². The first-order valence-electron chi connectivity index (χ1n) is 50.3. The fraction of sp³-hybridized carbons (Fsp3) is 0.333. The van der Waals surface area contributed by atoms with Crippen molar-refractivity contribution in [2.24, 2.45) is 9.98 Å². The highest BCUT2D eigenvalue weighted by atomic mass is 19.1. The van der Waals surface area contributed by atoms with Crippen LogP contribution in [0.4, 0.5) is 50.9 Å². The van der Waals surface area contributed by atoms with Crippen molar-refractivity contribution < 1.29 is 14.2 Å². The van der Waals surface area contributed by atoms with Crippen molar-refractivity contribution in [2.75, 3.05) is 188 Å². The Morgan fingerprint density at radius 2 is 0.796 bits per heavy atom. The summed E-state index contributed by atoms with van der Waals surface area (Å²) >= 11 is 0. The van der Waals surface area contributed by atoms with E-state index in [9.17, 15) is 9.50 Å². The topological polar surface area (TPSA) is 240 Å². The van der Waals surface area contributed by atoms with Crippen molar-refractivity contribution >= 4 is 59.2 Å². The number of nitrogens with zero attached hydrogens (tertiary/aromatic N) is 17. The summed E-state index contributed by atoms with van der Waals surface area (Å²) < 4.78 is 20.1. The van der Waals surface area contributed by atoms with Gasteiger partial charge in [0.1, 0.15) is 11.6 Å². The molecular weight excluding hydrogens is 1760 g/mol. The van der Waals surface area contributed by atoms with Crippen LogP contribution in [0.2, 0.25) is 0 Å². The van der Waals surface area contributed by atoms with Gasteiger partial charge in [0.15, 0.2) is 0 Å². The molecule has 25 heteroatoms. The number of benzene rings is 10. The molecule has 14 aromatic rings. The summed E-state index contributed by atoms with van der Waals surface area (Å²) in [6.45, 7) is 16.2. The predicted molar refractivity (Wildman–Crippen MR) is 577 cm³/mol. The molecule has 20 rings (SSSR count). The summed E-state index contributed by atoms with van der Waals surface area (Å²) in [6.07, 6.45) is 21.2. The van der Waals surface area contributed by atoms with Gasteiger partial charge in [-0.2, -0.15) is 0 Å². The van der Waals surface area contributed by atoms with Gasteiger partial charge in [-0.1, -0.05) is 188 Å². The first-order valence-corrected chi connectivity index (χ1v) is 50.3. The lowest BCUT2D eigenvalue weighted by atomic mass is 9.78. The predicted octanol–water partition coefficient (Wildman–Crippen LogP) is 20.1. The van der Waals surface area contributed by atoms with Gasteiger partial charge >= 0.3 is 0 Å². The van der Waals surface area contributed by atoms with Crippen LogP contribution in [0.5, 0.6) is 5.75 Å². The molecule has 0 spiro atoms. The monoisotopic (exact) mass is 1900 g/mol. The number of ether oxygens (including phenoxy) is 1. The number of halogens is 1. The first-order chi connectivity index (χ1) is 69.5. The maximum Gasteiger partial charge on any atom is 0.227 e. The first kappa shape index (κ1) is 99.5. The molecule has 2 fully saturated rings. The van der Waals surface area contributed by atoms with Gasteiger partial charge in [-0.05, 0) is 239 Å². The fourth-order valence-corrected chi connectivity index (χ4v) is 19.8. The van der Waals surface area contributed by atoms with Gasteiger partial charge in [0, 0.05) is 201 Å². The highest BCUT2D eigenvalue weighted by Gasteiger charge is 2.34. The summed E-state index contributed by atoms with van der Waals surface area (Å²) in [7, 11) is 18.3. The molecule has 0 bridgehead atoms. The molecule has 0 radical (unpaired) electrons. The zero-order chi connectivity index (χ0) is 98.1. The number of aliphatic hydroxyl groups is 1. The summed E-state index contributed by atoms with van der Waals surface area (Å²) in [5.41, 5.74) is 29.0. The number of para-hydroxylation sites is 1. The van der Waals surface area contributed by atoms with Crippen LogP contribution in [0.25, 0.3) is 45.0 Å². The van der Waals surface area contributed by atoms with Crippen LogP contribution in [0, 0.1) is 5.82 Å². The number of hydrogen-bond donors (Lipinski definition) is 6. The molecule has 4 aromatic heterocycles. The van der Waals surface area contributed by atoms with Gasteiger partial charge in [0.25, 0.3) is 0 Å². The minimum atomic E-state index is -0.187. The number of aliphatic imine (C=N–C) groups is 2. The second-order valence-electron chi connectivity index (χ2n) is 38.5. The summed E-state index contributed by atoms with van der Waals surface area (Å²) in [6, 6.07) is 83.1. The average Bonchev–Trinajstić information content (AvgIpc) is 0.789. The molecule has 6 aliphatic rings. The Kier molecular flexibility index (Phi) is 34.3. The Morgan fingerprint density at radius 1 is 0.401 bits per heavy atom. The van der Waals surface area contributed by atoms with Gasteiger partial charge < -0.3 is 70.7 Å². The van der Waals surface area contributed by atoms with Gasteiger partial charge in [-0.15, -0.1) is 0 Å². The number of likely N-dealkylation sites (N-methyl/N-ethyl adjacent to an activating group) is 2. The Balaban J connectivity index is 0.000000131. The number of aliphatic hydroxyl groups excluding tert-OH is 1. The minimum Gasteiger partial charge on any atom is -0.496 e. The number of anilines is 6. The van der Waals surface area contributed by atoms with Crippen LogP contribution < -0.4 is 31.3 Å². The fourth-order valence-electron chi connectivity index (χ4n) is 19.8. The van der Waals surface area contributed by atoms with Crippen LogP contribution in [-0.2, 0) is 38.6 Å². The third-order valence-electron chi connectivity index (χ3n) is 27.5. The van der Waals surface area contributed by atoms with Crippen molar-refractivity contribution in [3.8, 4) is 50.8 Å². The van der Waals surface area contributed by atoms with Gasteiger partial charge in [-0.25, -0.2) is 54.2 Å². The van der Waals surface area contributed by atoms with Crippen LogP contribution in [0.3, 0.4) is 0 Å². The molecule has 10 aromatic carbocycles. The van der Waals surface area contributed by atoms with Gasteiger partial charge in [0.05, 0.1) is 53.9 Å². The normalized spacial score (nSPS) is 16.2. The maximum atomic E-state index is 14.6. The van der Waals surface area contributed by atoms with E-state index in [1.165, 1.54) is 85.7 Å². The molecule has 732 valence electrons. The van der Waals surface area contributed by atoms with E-state index in [0.29, 0.717) is 30.9 Å². The molecule has 4 atom stereocenters. The molecule has 4 unspecified atom stereocenters. The Bertz CT molecular complexity index is 6540. The standard InChI is InChI=1S/C34H40N6O.C29H37N7.C28H36N6.C26H22FN3O/c1-39-18-20-40(21-19-39)17-7-16-35-34-37-24-27-22-31(29-9-4-5-10-30(29)33(27)38-34)25-12-14-28(15-13-25)36-23-26-8-3-6-11-32(26)41-2;1-34(2)21-32-24-11-9-22(10-12-24)27-19-23-20-31-29(33-28(23)26-8-5-4-7-25(26)27)30-13-6-14-36-17-15-35(3)16-18-36;1-33(2)17-9-5-8-16-29-28-30-19-22-18-26(24-10-6-7-11-25(24)27(22)32-28)21-12-14-23(15-13-21)31-20-34(3)4;27-24-11-4-3-9-21(24)23-15-18-16-28-26(29-19-7-5-6-17(14-19)12-13-31)30-25(18)22-10-2-1-8-20(22)23/h3-6,8-15,24,31,36H,7,16-23H2,1-2H3,(H,35,37,38);4-5,7-12,20-21,27H,6,13-19H2,1-3H3,(H,30,31,33);6-7,10-15,19-20,26H,5,8-9,16-18H2,1-4H3,(H,29,30,32);1-11,14,16,23,31H,12-13,15H2,(H,28,29,30). The largest absolute Gasteiger partial charge is 0.496 e. The Hall–Kier alpha value is -14.1. The smallest absolute Gasteiger partial charge is 0.227 e. The van der Waals surface area contributed by atoms with E-state index in [1.807, 2.05) is 148 Å². The second-order valence-corrected chi connectivity index (χ2v) is 38.5. The third-order valence-corrected chi connectivity index (χ3v) is 27.5. The SMILES string of the molecule is CN(C)C=Nc1ccc(C2Cc3cnc(NCCCCCN(C)C)nc3-c3ccccc32)cc1.CN(C)C=Nc1ccc(C2Cc3cnc(NCCCN4CCN(C)CC4)nc3-c3ccccc32)cc1.COc1ccccc1CNc1ccc(C2Cc3cnc(NCCCN4CCN(C)CC4)nc3-c3ccccc32)cc1.OCCc1cccc(Nc2ncc3c(n2)-c2ccccc2C(c2ccccc2F)C3)c1. The van der Waals surface area contributed by atoms with Crippen molar-refractivity contribution in [3.05, 3.63) is 351 Å². The Labute approximate surface area is 837 Å². The molecule has 4 aliphatic carbocycles. The molecule has 24 nitrogen and oxygen atoms in total. The number of rotatable bonds is 33. The lowest BCUT2D eigenvalue weighted by molar-refractivity contribution is 0.154. The molecule has 142 heavy (non-hydrogen) atoms. The van der Waals surface area contributed by atoms with Crippen molar-refractivity contribution in [2.45, 2.75) is 94.4 Å². The molecule has 0 saturated carbocycles. The number of piperazine rings is 2. The number of aromatic nitrogens is 8. The minimum absolute atomic E-state index is 0.0672. The number of nitrogens with one attached hydrogen (secondary N) is 5. The van der Waals surface area contributed by atoms with Crippen LogP contribution in [0.15, 0.2) is 277 Å². The average molecular weight is 1900 g/mol. The Morgan fingerprint density at radius 3 is 1.23 bits per heavy atom. The summed E-state index contributed by atoms with van der Waals surface area (Å²) in [5.74, 6) is 4.18. The van der Waals surface area contributed by atoms with E-state index in [1.54, 1.807) is 13.2 Å². The molecule has 2 aliphatic heterocycles. The quantitative estimate of drug-likeness (QED) is 0.0127. The summed E-state index contributed by atoms with van der Waals surface area (Å²) in [4.78, 5) is 63.3. The van der Waals surface area contributed by atoms with Crippen LogP contribution in [-0.4, -0.2) is 254 Å². The van der Waals surface area contributed by atoms with E-state index >= 15 is 0 Å². The lowest BCUT2D eigenvalue weighted by Crippen LogP contribution is -2.44. The van der Waals surface area contributed by atoms with E-state index < -0.39 is 0 Å². The molecule has 2 saturated heterocycles. The molecule has 6 heterocycles. The summed E-state index contributed by atoms with van der Waals surface area (Å²) in [5, 5.41) is 26.4. The maximum absolute atomic E-state index is 14.6. The van der Waals surface area contributed by atoms with Crippen LogP contribution in [0.1, 0.15) is 134 Å². The highest BCUT2D eigenvalue weighted by Crippen LogP contribution is 2.48. The van der Waals surface area contributed by atoms with Gasteiger partial charge in [-0.3, -0.25) is 0 Å². The zero-order valence-electron chi connectivity index (χ0n) is 83.6.